The molecule has 0 saturated heterocycles. The Morgan fingerprint density at radius 2 is 0.765 bits per heavy atom. The minimum Gasteiger partial charge on any atom is -0.395 e. The van der Waals surface area contributed by atoms with E-state index in [-0.39, 0.29) is 52.6 Å². The van der Waals surface area contributed by atoms with Crippen LogP contribution in [-0.2, 0) is 0 Å². The lowest BCUT2D eigenvalue weighted by molar-refractivity contribution is 0.279. The third-order valence-corrected chi connectivity index (χ3v) is 5.65. The first-order valence-corrected chi connectivity index (χ1v) is 12.1. The van der Waals surface area contributed by atoms with Gasteiger partial charge in [-0.15, -0.1) is 0 Å². The van der Waals surface area contributed by atoms with Gasteiger partial charge in [-0.05, 0) is 27.7 Å². The minimum absolute atomic E-state index is 0.0996. The zero-order chi connectivity index (χ0) is 25.1. The van der Waals surface area contributed by atoms with Crippen LogP contribution in [0.15, 0.2) is 0 Å². The van der Waals surface area contributed by atoms with Crippen molar-refractivity contribution in [3.8, 4) is 0 Å². The summed E-state index contributed by atoms with van der Waals surface area (Å²) >= 11 is 0. The number of aliphatic hydroxyl groups excluding tert-OH is 4. The van der Waals surface area contributed by atoms with Crippen molar-refractivity contribution in [1.29, 1.82) is 0 Å². The predicted molar refractivity (Wildman–Crippen MR) is 135 cm³/mol. The summed E-state index contributed by atoms with van der Waals surface area (Å²) in [7, 11) is 0. The van der Waals surface area contributed by atoms with Gasteiger partial charge in [-0.2, -0.15) is 9.97 Å². The molecular formula is C22H40N8O4. The molecule has 12 nitrogen and oxygen atoms in total. The van der Waals surface area contributed by atoms with Crippen molar-refractivity contribution >= 4 is 34.6 Å². The molecule has 0 amide bonds. The van der Waals surface area contributed by atoms with Crippen molar-refractivity contribution in [2.75, 3.05) is 98.4 Å². The highest BCUT2D eigenvalue weighted by atomic mass is 16.3. The molecule has 0 radical (unpaired) electrons. The van der Waals surface area contributed by atoms with Crippen LogP contribution in [0.25, 0.3) is 11.0 Å². The van der Waals surface area contributed by atoms with Crippen LogP contribution in [0.5, 0.6) is 0 Å². The van der Waals surface area contributed by atoms with E-state index in [4.69, 9.17) is 19.9 Å². The fourth-order valence-corrected chi connectivity index (χ4v) is 3.84. The molecule has 0 saturated carbocycles. The molecule has 192 valence electrons. The van der Waals surface area contributed by atoms with E-state index in [0.717, 1.165) is 0 Å². The Morgan fingerprint density at radius 1 is 0.471 bits per heavy atom. The maximum atomic E-state index is 9.56. The maximum absolute atomic E-state index is 9.56. The molecule has 0 bridgehead atoms. The number of hydrogen-bond acceptors (Lipinski definition) is 12. The van der Waals surface area contributed by atoms with E-state index in [1.807, 2.05) is 27.7 Å². The fourth-order valence-electron chi connectivity index (χ4n) is 3.84. The Bertz CT molecular complexity index is 796. The van der Waals surface area contributed by atoms with Gasteiger partial charge in [0, 0.05) is 52.4 Å². The summed E-state index contributed by atoms with van der Waals surface area (Å²) in [6.45, 7) is 11.6. The van der Waals surface area contributed by atoms with Crippen LogP contribution in [-0.4, -0.2) is 119 Å². The van der Waals surface area contributed by atoms with Crippen LogP contribution in [0.2, 0.25) is 0 Å². The van der Waals surface area contributed by atoms with E-state index in [0.29, 0.717) is 60.7 Å². The topological polar surface area (TPSA) is 145 Å². The zero-order valence-electron chi connectivity index (χ0n) is 20.9. The van der Waals surface area contributed by atoms with Crippen molar-refractivity contribution < 1.29 is 20.4 Å². The lowest BCUT2D eigenvalue weighted by Crippen LogP contribution is -2.34. The summed E-state index contributed by atoms with van der Waals surface area (Å²) in [6, 6.07) is 0. The van der Waals surface area contributed by atoms with Gasteiger partial charge in [-0.25, -0.2) is 9.97 Å². The summed E-state index contributed by atoms with van der Waals surface area (Å²) in [5, 5.41) is 38.2. The maximum Gasteiger partial charge on any atom is 0.228 e. The molecule has 4 N–H and O–H groups in total. The quantitative estimate of drug-likeness (QED) is 0.250. The van der Waals surface area contributed by atoms with Gasteiger partial charge in [-0.1, -0.05) is 0 Å². The van der Waals surface area contributed by atoms with Gasteiger partial charge in [0.05, 0.1) is 26.4 Å². The molecule has 0 fully saturated rings. The summed E-state index contributed by atoms with van der Waals surface area (Å²) < 4.78 is 0. The Hall–Kier alpha value is -2.54. The van der Waals surface area contributed by atoms with Crippen molar-refractivity contribution in [3.05, 3.63) is 0 Å². The molecular weight excluding hydrogens is 440 g/mol. The molecule has 0 atom stereocenters. The molecule has 0 unspecified atom stereocenters. The predicted octanol–water partition coefficient (Wildman–Crippen LogP) is -0.306. The van der Waals surface area contributed by atoms with Crippen molar-refractivity contribution in [2.24, 2.45) is 0 Å². The summed E-state index contributed by atoms with van der Waals surface area (Å²) in [5.41, 5.74) is 1.15. The van der Waals surface area contributed by atoms with Gasteiger partial charge in [0.15, 0.2) is 11.6 Å². The highest BCUT2D eigenvalue weighted by Gasteiger charge is 2.24. The van der Waals surface area contributed by atoms with Crippen LogP contribution in [0.4, 0.5) is 23.5 Å². The zero-order valence-corrected chi connectivity index (χ0v) is 20.9. The summed E-state index contributed by atoms with van der Waals surface area (Å²) in [6.07, 6.45) is 0. The minimum atomic E-state index is -0.0996. The lowest BCUT2D eigenvalue weighted by atomic mass is 10.3. The Kier molecular flexibility index (Phi) is 11.4. The Morgan fingerprint density at radius 3 is 1.00 bits per heavy atom. The van der Waals surface area contributed by atoms with Gasteiger partial charge >= 0.3 is 0 Å². The number of anilines is 4. The van der Waals surface area contributed by atoms with Crippen LogP contribution in [0.3, 0.4) is 0 Å². The van der Waals surface area contributed by atoms with Gasteiger partial charge < -0.3 is 40.0 Å². The van der Waals surface area contributed by atoms with Crippen LogP contribution in [0, 0.1) is 0 Å². The molecule has 0 aliphatic heterocycles. The molecule has 0 spiro atoms. The van der Waals surface area contributed by atoms with Gasteiger partial charge in [0.1, 0.15) is 11.0 Å². The number of hydrogen-bond donors (Lipinski definition) is 4. The second-order valence-corrected chi connectivity index (χ2v) is 7.60. The fraction of sp³-hybridized carbons (Fsp3) is 0.727. The number of aliphatic hydroxyl groups is 4. The molecule has 34 heavy (non-hydrogen) atoms. The van der Waals surface area contributed by atoms with E-state index in [1.54, 1.807) is 9.80 Å². The molecule has 2 rings (SSSR count). The van der Waals surface area contributed by atoms with Crippen LogP contribution in [0.1, 0.15) is 27.7 Å². The van der Waals surface area contributed by atoms with E-state index in [2.05, 4.69) is 9.80 Å². The van der Waals surface area contributed by atoms with E-state index in [9.17, 15) is 20.4 Å². The second-order valence-electron chi connectivity index (χ2n) is 7.60. The molecule has 2 aromatic heterocycles. The number of rotatable bonds is 16. The molecule has 2 heterocycles. The number of fused-ring (bicyclic) bond motifs is 1. The monoisotopic (exact) mass is 480 g/mol. The van der Waals surface area contributed by atoms with E-state index >= 15 is 0 Å². The highest BCUT2D eigenvalue weighted by Crippen LogP contribution is 2.32. The largest absolute Gasteiger partial charge is 0.395 e. The first kappa shape index (κ1) is 27.7. The van der Waals surface area contributed by atoms with Gasteiger partial charge in [0.2, 0.25) is 11.9 Å². The average Bonchev–Trinajstić information content (AvgIpc) is 2.85. The van der Waals surface area contributed by atoms with Crippen LogP contribution < -0.4 is 19.6 Å². The van der Waals surface area contributed by atoms with Crippen molar-refractivity contribution in [2.45, 2.75) is 27.7 Å². The molecule has 0 aliphatic rings. The average molecular weight is 481 g/mol. The van der Waals surface area contributed by atoms with Crippen LogP contribution >= 0.6 is 0 Å². The van der Waals surface area contributed by atoms with E-state index < -0.39 is 0 Å². The highest BCUT2D eigenvalue weighted by molar-refractivity contribution is 5.95. The lowest BCUT2D eigenvalue weighted by Gasteiger charge is -2.29. The SMILES string of the molecule is CCN(CC)c1nc(N(CCO)CCO)nc2c(N(CC)CC)nc(N(CCO)CCO)nc12. The smallest absolute Gasteiger partial charge is 0.228 e. The second kappa shape index (κ2) is 14.0. The van der Waals surface area contributed by atoms with Crippen molar-refractivity contribution in [1.82, 2.24) is 19.9 Å². The van der Waals surface area contributed by atoms with Crippen molar-refractivity contribution in [3.63, 3.8) is 0 Å². The summed E-state index contributed by atoms with van der Waals surface area (Å²) in [5.74, 6) is 2.06. The number of nitrogens with zero attached hydrogens (tertiary/aromatic N) is 8. The standard InChI is InChI=1S/C22H40N8O4/c1-5-27(6-2)19-17-18(24-21(25-19)29(9-13-31)10-14-32)20(28(7-3)8-4)26-22(23-17)30(11-15-33)12-16-34/h31-34H,5-16H2,1-4H3. The number of aromatic nitrogens is 4. The molecule has 0 aromatic carbocycles. The Balaban J connectivity index is 2.92. The molecule has 0 aliphatic carbocycles. The van der Waals surface area contributed by atoms with Gasteiger partial charge in [0.25, 0.3) is 0 Å². The van der Waals surface area contributed by atoms with Gasteiger partial charge in [-0.3, -0.25) is 0 Å². The normalized spacial score (nSPS) is 11.2. The third-order valence-electron chi connectivity index (χ3n) is 5.65. The van der Waals surface area contributed by atoms with E-state index in [1.165, 1.54) is 0 Å². The Labute approximate surface area is 201 Å². The first-order chi connectivity index (χ1) is 16.5. The molecule has 12 heteroatoms. The molecule has 2 aromatic rings. The summed E-state index contributed by atoms with van der Waals surface area (Å²) in [4.78, 5) is 26.9. The third kappa shape index (κ3) is 6.32. The first-order valence-electron chi connectivity index (χ1n) is 12.1.